The maximum atomic E-state index is 14.0. The first kappa shape index (κ1) is 16.1. The van der Waals surface area contributed by atoms with E-state index in [1.807, 2.05) is 13.1 Å². The molecule has 0 aliphatic rings. The van der Waals surface area contributed by atoms with Crippen molar-refractivity contribution < 1.29 is 8.78 Å². The maximum Gasteiger partial charge on any atom is 0.145 e. The first-order chi connectivity index (χ1) is 10.1. The molecule has 21 heavy (non-hydrogen) atoms. The summed E-state index contributed by atoms with van der Waals surface area (Å²) in [5, 5.41) is 7.55. The Morgan fingerprint density at radius 3 is 2.76 bits per heavy atom. The van der Waals surface area contributed by atoms with Crippen LogP contribution in [-0.2, 0) is 6.54 Å². The van der Waals surface area contributed by atoms with Gasteiger partial charge in [-0.25, -0.2) is 8.78 Å². The van der Waals surface area contributed by atoms with Crippen molar-refractivity contribution in [2.45, 2.75) is 32.9 Å². The fraction of sp³-hybridized carbons (Fsp3) is 0.400. The lowest BCUT2D eigenvalue weighted by atomic mass is 10.1. The summed E-state index contributed by atoms with van der Waals surface area (Å²) in [5.41, 5.74) is 1.03. The van der Waals surface area contributed by atoms with Crippen LogP contribution in [0.25, 0.3) is 0 Å². The van der Waals surface area contributed by atoms with Gasteiger partial charge in [-0.15, -0.1) is 0 Å². The van der Waals surface area contributed by atoms with Crippen LogP contribution in [0, 0.1) is 11.6 Å². The summed E-state index contributed by atoms with van der Waals surface area (Å²) in [6.45, 7) is 5.05. The highest BCUT2D eigenvalue weighted by molar-refractivity contribution is 9.10. The summed E-state index contributed by atoms with van der Waals surface area (Å²) in [7, 11) is 0. The van der Waals surface area contributed by atoms with E-state index in [2.05, 4.69) is 33.3 Å². The molecule has 1 atom stereocenters. The van der Waals surface area contributed by atoms with Crippen molar-refractivity contribution in [2.24, 2.45) is 0 Å². The van der Waals surface area contributed by atoms with Crippen molar-refractivity contribution in [1.82, 2.24) is 15.1 Å². The Morgan fingerprint density at radius 1 is 1.33 bits per heavy atom. The minimum absolute atomic E-state index is 0.00974. The van der Waals surface area contributed by atoms with Crippen molar-refractivity contribution in [3.05, 3.63) is 51.8 Å². The zero-order chi connectivity index (χ0) is 15.4. The largest absolute Gasteiger partial charge is 0.310 e. The van der Waals surface area contributed by atoms with Gasteiger partial charge in [0.25, 0.3) is 0 Å². The molecule has 1 aromatic heterocycles. The molecule has 0 radical (unpaired) electrons. The molecule has 1 unspecified atom stereocenters. The number of hydrogen-bond donors (Lipinski definition) is 1. The summed E-state index contributed by atoms with van der Waals surface area (Å²) in [6.07, 6.45) is 4.50. The van der Waals surface area contributed by atoms with Gasteiger partial charge in [0, 0.05) is 23.4 Å². The third-order valence-corrected chi connectivity index (χ3v) is 3.99. The smallest absolute Gasteiger partial charge is 0.145 e. The van der Waals surface area contributed by atoms with E-state index in [-0.39, 0.29) is 22.6 Å². The first-order valence-electron chi connectivity index (χ1n) is 6.94. The van der Waals surface area contributed by atoms with Crippen LogP contribution in [0.1, 0.15) is 37.4 Å². The molecular weight excluding hydrogens is 340 g/mol. The molecule has 0 saturated carbocycles. The molecular formula is C15H18BrF2N3. The standard InChI is InChI=1S/C15H18BrF2N3/c1-3-14(19-4-2)10-7-20-21(8-10)9-11-13(17)6-5-12(16)15(11)18/h5-8,14,19H,3-4,9H2,1-2H3. The lowest BCUT2D eigenvalue weighted by Crippen LogP contribution is -2.19. The van der Waals surface area contributed by atoms with Gasteiger partial charge >= 0.3 is 0 Å². The van der Waals surface area contributed by atoms with Crippen molar-refractivity contribution in [3.63, 3.8) is 0 Å². The molecule has 0 spiro atoms. The number of aromatic nitrogens is 2. The number of nitrogens with zero attached hydrogens (tertiary/aromatic N) is 2. The SMILES string of the molecule is CCNC(CC)c1cnn(Cc2c(F)ccc(Br)c2F)c1. The van der Waals surface area contributed by atoms with Crippen LogP contribution in [-0.4, -0.2) is 16.3 Å². The summed E-state index contributed by atoms with van der Waals surface area (Å²) in [6, 6.07) is 2.82. The van der Waals surface area contributed by atoms with Crippen LogP contribution in [0.5, 0.6) is 0 Å². The van der Waals surface area contributed by atoms with Crippen LogP contribution < -0.4 is 5.32 Å². The molecule has 2 aromatic rings. The van der Waals surface area contributed by atoms with E-state index in [4.69, 9.17) is 0 Å². The average Bonchev–Trinajstić information content (AvgIpc) is 2.93. The molecule has 0 aliphatic heterocycles. The summed E-state index contributed by atoms with van der Waals surface area (Å²) in [5.74, 6) is -1.14. The number of nitrogens with one attached hydrogen (secondary N) is 1. The molecule has 1 aromatic carbocycles. The summed E-state index contributed by atoms with van der Waals surface area (Å²) < 4.78 is 29.5. The van der Waals surface area contributed by atoms with E-state index in [9.17, 15) is 8.78 Å². The fourth-order valence-electron chi connectivity index (χ4n) is 2.27. The second-order valence-corrected chi connectivity index (χ2v) is 5.67. The number of benzene rings is 1. The normalized spacial score (nSPS) is 12.6. The number of halogens is 3. The van der Waals surface area contributed by atoms with E-state index < -0.39 is 11.6 Å². The first-order valence-corrected chi connectivity index (χ1v) is 7.74. The van der Waals surface area contributed by atoms with Gasteiger partial charge in [0.1, 0.15) is 11.6 Å². The molecule has 0 amide bonds. The second-order valence-electron chi connectivity index (χ2n) is 4.81. The van der Waals surface area contributed by atoms with Crippen LogP contribution in [0.4, 0.5) is 8.78 Å². The van der Waals surface area contributed by atoms with Crippen molar-refractivity contribution in [1.29, 1.82) is 0 Å². The zero-order valence-electron chi connectivity index (χ0n) is 12.0. The van der Waals surface area contributed by atoms with Crippen LogP contribution >= 0.6 is 15.9 Å². The van der Waals surface area contributed by atoms with Crippen LogP contribution in [0.2, 0.25) is 0 Å². The Morgan fingerprint density at radius 2 is 2.10 bits per heavy atom. The van der Waals surface area contributed by atoms with Gasteiger partial charge < -0.3 is 5.32 Å². The fourth-order valence-corrected chi connectivity index (χ4v) is 2.64. The molecule has 0 fully saturated rings. The molecule has 1 N–H and O–H groups in total. The minimum atomic E-state index is -0.578. The quantitative estimate of drug-likeness (QED) is 0.790. The van der Waals surface area contributed by atoms with Gasteiger partial charge in [-0.2, -0.15) is 5.10 Å². The highest BCUT2D eigenvalue weighted by Crippen LogP contribution is 2.23. The molecule has 0 saturated heterocycles. The topological polar surface area (TPSA) is 29.9 Å². The number of rotatable bonds is 6. The predicted octanol–water partition coefficient (Wildman–Crippen LogP) is 4.03. The predicted molar refractivity (Wildman–Crippen MR) is 82.1 cm³/mol. The zero-order valence-corrected chi connectivity index (χ0v) is 13.6. The molecule has 1 heterocycles. The molecule has 0 aliphatic carbocycles. The average molecular weight is 358 g/mol. The Hall–Kier alpha value is -1.27. The van der Waals surface area contributed by atoms with Gasteiger partial charge in [-0.1, -0.05) is 13.8 Å². The van der Waals surface area contributed by atoms with Crippen LogP contribution in [0.3, 0.4) is 0 Å². The Balaban J connectivity index is 2.22. The summed E-state index contributed by atoms with van der Waals surface area (Å²) in [4.78, 5) is 0. The van der Waals surface area contributed by atoms with Gasteiger partial charge in [0.05, 0.1) is 17.2 Å². The van der Waals surface area contributed by atoms with Gasteiger partial charge in [-0.05, 0) is 41.0 Å². The third kappa shape index (κ3) is 3.68. The summed E-state index contributed by atoms with van der Waals surface area (Å²) >= 11 is 3.07. The lowest BCUT2D eigenvalue weighted by molar-refractivity contribution is 0.525. The highest BCUT2D eigenvalue weighted by atomic mass is 79.9. The van der Waals surface area contributed by atoms with Crippen molar-refractivity contribution >= 4 is 15.9 Å². The van der Waals surface area contributed by atoms with E-state index in [0.29, 0.717) is 0 Å². The van der Waals surface area contributed by atoms with Gasteiger partial charge in [0.15, 0.2) is 0 Å². The van der Waals surface area contributed by atoms with Crippen molar-refractivity contribution in [3.8, 4) is 0 Å². The molecule has 3 nitrogen and oxygen atoms in total. The van der Waals surface area contributed by atoms with E-state index >= 15 is 0 Å². The second kappa shape index (κ2) is 7.13. The highest BCUT2D eigenvalue weighted by Gasteiger charge is 2.15. The Labute approximate surface area is 131 Å². The minimum Gasteiger partial charge on any atom is -0.310 e. The molecule has 114 valence electrons. The monoisotopic (exact) mass is 357 g/mol. The van der Waals surface area contributed by atoms with E-state index in [0.717, 1.165) is 18.5 Å². The maximum absolute atomic E-state index is 14.0. The Kier molecular flexibility index (Phi) is 5.47. The lowest BCUT2D eigenvalue weighted by Gasteiger charge is -2.13. The Bertz CT molecular complexity index is 613. The van der Waals surface area contributed by atoms with E-state index in [1.54, 1.807) is 10.9 Å². The molecule has 0 bridgehead atoms. The molecule has 2 rings (SSSR count). The van der Waals surface area contributed by atoms with Crippen LogP contribution in [0.15, 0.2) is 29.0 Å². The number of hydrogen-bond acceptors (Lipinski definition) is 2. The molecule has 6 heteroatoms. The van der Waals surface area contributed by atoms with Crippen molar-refractivity contribution in [2.75, 3.05) is 6.54 Å². The van der Waals surface area contributed by atoms with Gasteiger partial charge in [-0.3, -0.25) is 4.68 Å². The van der Waals surface area contributed by atoms with Gasteiger partial charge in [0.2, 0.25) is 0 Å². The van der Waals surface area contributed by atoms with E-state index in [1.165, 1.54) is 12.1 Å². The third-order valence-electron chi connectivity index (χ3n) is 3.37.